The third kappa shape index (κ3) is 3.67. The first-order chi connectivity index (χ1) is 10.0. The zero-order chi connectivity index (χ0) is 15.4. The summed E-state index contributed by atoms with van der Waals surface area (Å²) in [5.41, 5.74) is 2.98. The van der Waals surface area contributed by atoms with Crippen molar-refractivity contribution < 1.29 is 8.78 Å². The largest absolute Gasteiger partial charge is 0.306 e. The Balaban J connectivity index is 2.12. The summed E-state index contributed by atoms with van der Waals surface area (Å²) in [6, 6.07) is 10.4. The lowest BCUT2D eigenvalue weighted by Crippen LogP contribution is -2.21. The van der Waals surface area contributed by atoms with Crippen LogP contribution in [0, 0.1) is 25.5 Å². The van der Waals surface area contributed by atoms with Crippen LogP contribution in [0.3, 0.4) is 0 Å². The molecular weight excluding hydrogens is 268 g/mol. The molecule has 0 saturated heterocycles. The van der Waals surface area contributed by atoms with Gasteiger partial charge in [0.1, 0.15) is 11.6 Å². The van der Waals surface area contributed by atoms with Gasteiger partial charge in [-0.3, -0.25) is 0 Å². The molecule has 0 heterocycles. The van der Waals surface area contributed by atoms with Crippen molar-refractivity contribution in [1.82, 2.24) is 5.32 Å². The van der Waals surface area contributed by atoms with E-state index >= 15 is 0 Å². The Hall–Kier alpha value is -1.74. The SMILES string of the molecule is CCC(NCc1cc(C)c(F)c(C)c1)c1ccccc1F. The Morgan fingerprint density at radius 1 is 1.05 bits per heavy atom. The maximum absolute atomic E-state index is 13.8. The molecule has 0 aliphatic rings. The Kier molecular flexibility index (Phi) is 5.07. The van der Waals surface area contributed by atoms with Crippen LogP contribution < -0.4 is 5.32 Å². The molecule has 2 rings (SSSR count). The van der Waals surface area contributed by atoms with Crippen LogP contribution in [0.1, 0.15) is 41.6 Å². The molecule has 0 saturated carbocycles. The second kappa shape index (κ2) is 6.81. The number of hydrogen-bond acceptors (Lipinski definition) is 1. The van der Waals surface area contributed by atoms with E-state index in [1.807, 2.05) is 25.1 Å². The third-order valence-corrected chi connectivity index (χ3v) is 3.74. The predicted octanol–water partition coefficient (Wildman–Crippen LogP) is 4.82. The first-order valence-electron chi connectivity index (χ1n) is 7.26. The summed E-state index contributed by atoms with van der Waals surface area (Å²) in [6.07, 6.45) is 0.792. The maximum Gasteiger partial charge on any atom is 0.129 e. The summed E-state index contributed by atoms with van der Waals surface area (Å²) in [4.78, 5) is 0. The van der Waals surface area contributed by atoms with Crippen molar-refractivity contribution in [3.05, 3.63) is 70.3 Å². The molecule has 1 atom stereocenters. The molecule has 2 aromatic carbocycles. The lowest BCUT2D eigenvalue weighted by Gasteiger charge is -2.18. The maximum atomic E-state index is 13.8. The van der Waals surface area contributed by atoms with Gasteiger partial charge in [-0.1, -0.05) is 37.3 Å². The van der Waals surface area contributed by atoms with E-state index in [1.165, 1.54) is 6.07 Å². The van der Waals surface area contributed by atoms with Crippen LogP contribution in [0.4, 0.5) is 8.78 Å². The molecule has 2 aromatic rings. The second-order valence-electron chi connectivity index (χ2n) is 5.41. The number of aryl methyl sites for hydroxylation is 2. The van der Waals surface area contributed by atoms with Crippen molar-refractivity contribution >= 4 is 0 Å². The van der Waals surface area contributed by atoms with Crippen LogP contribution in [0.5, 0.6) is 0 Å². The van der Waals surface area contributed by atoms with Gasteiger partial charge in [-0.05, 0) is 43.0 Å². The van der Waals surface area contributed by atoms with Crippen molar-refractivity contribution in [1.29, 1.82) is 0 Å². The number of nitrogens with one attached hydrogen (secondary N) is 1. The van der Waals surface area contributed by atoms with Crippen LogP contribution in [0.15, 0.2) is 36.4 Å². The summed E-state index contributed by atoms with van der Waals surface area (Å²) in [7, 11) is 0. The Morgan fingerprint density at radius 2 is 1.67 bits per heavy atom. The minimum absolute atomic E-state index is 0.0446. The van der Waals surface area contributed by atoms with Crippen LogP contribution in [0.2, 0.25) is 0 Å². The minimum Gasteiger partial charge on any atom is -0.306 e. The van der Waals surface area contributed by atoms with Gasteiger partial charge in [-0.15, -0.1) is 0 Å². The molecule has 1 nitrogen and oxygen atoms in total. The normalized spacial score (nSPS) is 12.4. The summed E-state index contributed by atoms with van der Waals surface area (Å²) in [5, 5.41) is 3.35. The minimum atomic E-state index is -0.191. The molecule has 0 spiro atoms. The fourth-order valence-electron chi connectivity index (χ4n) is 2.61. The van der Waals surface area contributed by atoms with Gasteiger partial charge in [-0.25, -0.2) is 8.78 Å². The summed E-state index contributed by atoms with van der Waals surface area (Å²) in [5.74, 6) is -0.344. The van der Waals surface area contributed by atoms with Crippen LogP contribution in [-0.4, -0.2) is 0 Å². The highest BCUT2D eigenvalue weighted by Gasteiger charge is 2.13. The van der Waals surface area contributed by atoms with E-state index in [9.17, 15) is 8.78 Å². The zero-order valence-corrected chi connectivity index (χ0v) is 12.7. The molecule has 0 amide bonds. The van der Waals surface area contributed by atoms with Crippen molar-refractivity contribution in [2.24, 2.45) is 0 Å². The van der Waals surface area contributed by atoms with Crippen molar-refractivity contribution in [3.63, 3.8) is 0 Å². The van der Waals surface area contributed by atoms with E-state index in [2.05, 4.69) is 5.32 Å². The van der Waals surface area contributed by atoms with Gasteiger partial charge in [-0.2, -0.15) is 0 Å². The Bertz CT molecular complexity index is 599. The first-order valence-corrected chi connectivity index (χ1v) is 7.26. The molecule has 0 fully saturated rings. The Labute approximate surface area is 125 Å². The highest BCUT2D eigenvalue weighted by Crippen LogP contribution is 2.21. The second-order valence-corrected chi connectivity index (χ2v) is 5.41. The van der Waals surface area contributed by atoms with Gasteiger partial charge in [0.25, 0.3) is 0 Å². The average Bonchev–Trinajstić information content (AvgIpc) is 2.47. The lowest BCUT2D eigenvalue weighted by molar-refractivity contribution is 0.487. The third-order valence-electron chi connectivity index (χ3n) is 3.74. The quantitative estimate of drug-likeness (QED) is 0.832. The number of rotatable bonds is 5. The van der Waals surface area contributed by atoms with Crippen molar-refractivity contribution in [3.8, 4) is 0 Å². The topological polar surface area (TPSA) is 12.0 Å². The molecule has 3 heteroatoms. The summed E-state index contributed by atoms with van der Waals surface area (Å²) < 4.78 is 27.5. The van der Waals surface area contributed by atoms with E-state index in [0.717, 1.165) is 12.0 Å². The summed E-state index contributed by atoms with van der Waals surface area (Å²) in [6.45, 7) is 6.14. The molecule has 0 aliphatic carbocycles. The number of benzene rings is 2. The van der Waals surface area contributed by atoms with E-state index < -0.39 is 0 Å². The monoisotopic (exact) mass is 289 g/mol. The van der Waals surface area contributed by atoms with E-state index in [0.29, 0.717) is 23.2 Å². The first kappa shape index (κ1) is 15.6. The molecule has 21 heavy (non-hydrogen) atoms. The van der Waals surface area contributed by atoms with Crippen LogP contribution in [0.25, 0.3) is 0 Å². The van der Waals surface area contributed by atoms with Gasteiger partial charge in [0, 0.05) is 18.2 Å². The lowest BCUT2D eigenvalue weighted by atomic mass is 10.0. The van der Waals surface area contributed by atoms with E-state index in [4.69, 9.17) is 0 Å². The molecular formula is C18H21F2N. The standard InChI is InChI=1S/C18H21F2N/c1-4-17(15-7-5-6-8-16(15)19)21-11-14-9-12(2)18(20)13(3)10-14/h5-10,17,21H,4,11H2,1-3H3. The molecule has 0 aliphatic heterocycles. The van der Waals surface area contributed by atoms with Crippen LogP contribution in [-0.2, 0) is 6.54 Å². The molecule has 112 valence electrons. The van der Waals surface area contributed by atoms with Crippen molar-refractivity contribution in [2.75, 3.05) is 0 Å². The number of hydrogen-bond donors (Lipinski definition) is 1. The highest BCUT2D eigenvalue weighted by atomic mass is 19.1. The predicted molar refractivity (Wildman–Crippen MR) is 82.1 cm³/mol. The summed E-state index contributed by atoms with van der Waals surface area (Å²) >= 11 is 0. The zero-order valence-electron chi connectivity index (χ0n) is 12.7. The average molecular weight is 289 g/mol. The van der Waals surface area contributed by atoms with Crippen LogP contribution >= 0.6 is 0 Å². The van der Waals surface area contributed by atoms with Gasteiger partial charge in [0.05, 0.1) is 0 Å². The van der Waals surface area contributed by atoms with Gasteiger partial charge in [0.15, 0.2) is 0 Å². The molecule has 0 bridgehead atoms. The molecule has 1 N–H and O–H groups in total. The fourth-order valence-corrected chi connectivity index (χ4v) is 2.61. The van der Waals surface area contributed by atoms with E-state index in [-0.39, 0.29) is 17.7 Å². The molecule has 1 unspecified atom stereocenters. The fraction of sp³-hybridized carbons (Fsp3) is 0.333. The highest BCUT2D eigenvalue weighted by molar-refractivity contribution is 5.30. The number of halogens is 2. The Morgan fingerprint density at radius 3 is 2.24 bits per heavy atom. The molecule has 0 radical (unpaired) electrons. The van der Waals surface area contributed by atoms with Crippen molar-refractivity contribution in [2.45, 2.75) is 39.8 Å². The van der Waals surface area contributed by atoms with Gasteiger partial charge < -0.3 is 5.32 Å². The van der Waals surface area contributed by atoms with Gasteiger partial charge in [0.2, 0.25) is 0 Å². The van der Waals surface area contributed by atoms with Gasteiger partial charge >= 0.3 is 0 Å². The van der Waals surface area contributed by atoms with E-state index in [1.54, 1.807) is 26.0 Å². The molecule has 0 aromatic heterocycles. The smallest absolute Gasteiger partial charge is 0.129 e.